The van der Waals surface area contributed by atoms with Crippen molar-refractivity contribution >= 4 is 64.6 Å². The van der Waals surface area contributed by atoms with E-state index >= 15 is 0 Å². The second kappa shape index (κ2) is 8.52. The zero-order valence-corrected chi connectivity index (χ0v) is 19.9. The van der Waals surface area contributed by atoms with Gasteiger partial charge in [-0.1, -0.05) is 109 Å². The lowest BCUT2D eigenvalue weighted by Crippen LogP contribution is -1.80. The Kier molecular flexibility index (Phi) is 4.89. The molecule has 0 radical (unpaired) electrons. The average molecular weight is 457 g/mol. The summed E-state index contributed by atoms with van der Waals surface area (Å²) in [6, 6.07) is 52.3. The van der Waals surface area contributed by atoms with E-state index in [1.165, 1.54) is 64.6 Å². The lowest BCUT2D eigenvalue weighted by molar-refractivity contribution is 1.76. The van der Waals surface area contributed by atoms with Crippen LogP contribution in [0.2, 0.25) is 0 Å². The number of hydrogen-bond donors (Lipinski definition) is 0. The minimum atomic E-state index is 1.30. The summed E-state index contributed by atoms with van der Waals surface area (Å²) in [6.07, 6.45) is 0. The van der Waals surface area contributed by atoms with E-state index in [2.05, 4.69) is 146 Å². The van der Waals surface area contributed by atoms with E-state index in [4.69, 9.17) is 0 Å². The van der Waals surface area contributed by atoms with Gasteiger partial charge in [0, 0.05) is 0 Å². The summed E-state index contributed by atoms with van der Waals surface area (Å²) in [6.45, 7) is 0. The van der Waals surface area contributed by atoms with E-state index < -0.39 is 0 Å². The normalized spacial score (nSPS) is 11.3. The Labute approximate surface area is 210 Å². The summed E-state index contributed by atoms with van der Waals surface area (Å²) >= 11 is 0. The summed E-state index contributed by atoms with van der Waals surface area (Å²) in [5.41, 5.74) is 0. The van der Waals surface area contributed by atoms with Crippen molar-refractivity contribution in [1.29, 1.82) is 0 Å². The molecule has 0 unspecified atom stereocenters. The molecule has 0 fully saturated rings. The average Bonchev–Trinajstić information content (AvgIpc) is 2.94. The standard InChI is InChI=1S/C22H14.C14H10/c1-2-6-16-10-20-14-22-12-18-8-4-3-7-17(18)11-21(22)13-19(20)9-15(16)5-1;1-3-7-13-11(5-1)9-10-12-6-2-4-8-14(12)13/h1-14H;1-10H. The molecule has 8 aromatic rings. The molecular weight excluding hydrogens is 432 g/mol. The van der Waals surface area contributed by atoms with Crippen LogP contribution >= 0.6 is 0 Å². The topological polar surface area (TPSA) is 0 Å². The molecule has 0 N–H and O–H groups in total. The number of hydrogen-bond acceptors (Lipinski definition) is 0. The van der Waals surface area contributed by atoms with Gasteiger partial charge in [-0.05, 0) is 101 Å². The van der Waals surface area contributed by atoms with Gasteiger partial charge in [-0.15, -0.1) is 0 Å². The number of benzene rings is 8. The van der Waals surface area contributed by atoms with Crippen LogP contribution in [-0.2, 0) is 0 Å². The zero-order chi connectivity index (χ0) is 23.9. The summed E-state index contributed by atoms with van der Waals surface area (Å²) < 4.78 is 0. The zero-order valence-electron chi connectivity index (χ0n) is 19.9. The highest BCUT2D eigenvalue weighted by molar-refractivity contribution is 6.08. The molecule has 8 aromatic carbocycles. The Hall–Kier alpha value is -4.68. The lowest BCUT2D eigenvalue weighted by atomic mass is 9.97. The highest BCUT2D eigenvalue weighted by Gasteiger charge is 2.03. The van der Waals surface area contributed by atoms with Gasteiger partial charge in [-0.2, -0.15) is 0 Å². The van der Waals surface area contributed by atoms with Gasteiger partial charge >= 0.3 is 0 Å². The molecule has 0 saturated carbocycles. The second-order valence-corrected chi connectivity index (χ2v) is 9.45. The predicted molar refractivity (Wildman–Crippen MR) is 158 cm³/mol. The van der Waals surface area contributed by atoms with Crippen molar-refractivity contribution in [3.8, 4) is 0 Å². The minimum absolute atomic E-state index is 1.30. The molecule has 0 heteroatoms. The smallest absolute Gasteiger partial charge is 0.0105 e. The maximum Gasteiger partial charge on any atom is -0.0105 e. The van der Waals surface area contributed by atoms with E-state index in [1.54, 1.807) is 0 Å². The van der Waals surface area contributed by atoms with Crippen LogP contribution in [0.1, 0.15) is 0 Å². The van der Waals surface area contributed by atoms with Gasteiger partial charge in [0.25, 0.3) is 0 Å². The molecule has 0 aliphatic rings. The fourth-order valence-corrected chi connectivity index (χ4v) is 5.34. The Bertz CT molecular complexity index is 1810. The van der Waals surface area contributed by atoms with Gasteiger partial charge in [0.1, 0.15) is 0 Å². The van der Waals surface area contributed by atoms with Crippen molar-refractivity contribution in [3.05, 3.63) is 146 Å². The second-order valence-electron chi connectivity index (χ2n) is 9.45. The summed E-state index contributed by atoms with van der Waals surface area (Å²) in [4.78, 5) is 0. The molecule has 36 heavy (non-hydrogen) atoms. The third kappa shape index (κ3) is 3.65. The summed E-state index contributed by atoms with van der Waals surface area (Å²) in [5.74, 6) is 0. The SMILES string of the molecule is c1ccc2c(c1)ccc1ccccc12.c1ccc2cc3cc4cc5ccccc5cc4cc3cc2c1. The van der Waals surface area contributed by atoms with Crippen LogP contribution in [0.25, 0.3) is 64.6 Å². The highest BCUT2D eigenvalue weighted by Crippen LogP contribution is 2.30. The fourth-order valence-electron chi connectivity index (χ4n) is 5.34. The number of rotatable bonds is 0. The maximum atomic E-state index is 2.31. The Morgan fingerprint density at radius 3 is 0.778 bits per heavy atom. The van der Waals surface area contributed by atoms with Crippen molar-refractivity contribution in [2.24, 2.45) is 0 Å². The number of fused-ring (bicyclic) bond motifs is 7. The quantitative estimate of drug-likeness (QED) is 0.157. The molecule has 0 bridgehead atoms. The first-order valence-corrected chi connectivity index (χ1v) is 12.4. The Morgan fingerprint density at radius 2 is 0.444 bits per heavy atom. The molecule has 8 rings (SSSR count). The van der Waals surface area contributed by atoms with Crippen molar-refractivity contribution < 1.29 is 0 Å². The molecule has 0 aromatic heterocycles. The molecule has 168 valence electrons. The Morgan fingerprint density at radius 1 is 0.194 bits per heavy atom. The van der Waals surface area contributed by atoms with Gasteiger partial charge in [0.2, 0.25) is 0 Å². The van der Waals surface area contributed by atoms with Crippen molar-refractivity contribution in [1.82, 2.24) is 0 Å². The van der Waals surface area contributed by atoms with Crippen LogP contribution in [0.4, 0.5) is 0 Å². The van der Waals surface area contributed by atoms with Crippen LogP contribution in [-0.4, -0.2) is 0 Å². The van der Waals surface area contributed by atoms with Gasteiger partial charge < -0.3 is 0 Å². The molecule has 0 spiro atoms. The molecule has 0 nitrogen and oxygen atoms in total. The van der Waals surface area contributed by atoms with Crippen molar-refractivity contribution in [3.63, 3.8) is 0 Å². The summed E-state index contributed by atoms with van der Waals surface area (Å²) in [7, 11) is 0. The summed E-state index contributed by atoms with van der Waals surface area (Å²) in [5, 5.41) is 15.7. The van der Waals surface area contributed by atoms with Gasteiger partial charge in [0.15, 0.2) is 0 Å². The van der Waals surface area contributed by atoms with Crippen molar-refractivity contribution in [2.45, 2.75) is 0 Å². The van der Waals surface area contributed by atoms with Gasteiger partial charge in [-0.25, -0.2) is 0 Å². The largest absolute Gasteiger partial charge is 0.0616 e. The molecule has 0 atom stereocenters. The molecule has 0 amide bonds. The van der Waals surface area contributed by atoms with Crippen LogP contribution < -0.4 is 0 Å². The molecule has 0 aliphatic carbocycles. The first-order valence-electron chi connectivity index (χ1n) is 12.4. The van der Waals surface area contributed by atoms with E-state index in [1.807, 2.05) is 0 Å². The first-order chi connectivity index (χ1) is 17.8. The minimum Gasteiger partial charge on any atom is -0.0616 e. The van der Waals surface area contributed by atoms with Crippen LogP contribution in [0.5, 0.6) is 0 Å². The van der Waals surface area contributed by atoms with Crippen LogP contribution in [0.3, 0.4) is 0 Å². The lowest BCUT2D eigenvalue weighted by Gasteiger charge is -2.07. The van der Waals surface area contributed by atoms with E-state index in [0.717, 1.165) is 0 Å². The van der Waals surface area contributed by atoms with E-state index in [0.29, 0.717) is 0 Å². The molecule has 0 saturated heterocycles. The van der Waals surface area contributed by atoms with E-state index in [-0.39, 0.29) is 0 Å². The van der Waals surface area contributed by atoms with Crippen molar-refractivity contribution in [2.75, 3.05) is 0 Å². The maximum absolute atomic E-state index is 2.31. The highest BCUT2D eigenvalue weighted by atomic mass is 14.1. The molecular formula is C36H24. The van der Waals surface area contributed by atoms with E-state index in [9.17, 15) is 0 Å². The molecule has 0 heterocycles. The third-order valence-corrected chi connectivity index (χ3v) is 7.18. The Balaban J connectivity index is 0.000000136. The van der Waals surface area contributed by atoms with Crippen LogP contribution in [0, 0.1) is 0 Å². The van der Waals surface area contributed by atoms with Gasteiger partial charge in [-0.3, -0.25) is 0 Å². The predicted octanol–water partition coefficient (Wildman–Crippen LogP) is 10.3. The van der Waals surface area contributed by atoms with Crippen LogP contribution in [0.15, 0.2) is 146 Å². The fraction of sp³-hybridized carbons (Fsp3) is 0. The third-order valence-electron chi connectivity index (χ3n) is 7.18. The first kappa shape index (κ1) is 20.7. The molecule has 0 aliphatic heterocycles. The van der Waals surface area contributed by atoms with Gasteiger partial charge in [0.05, 0.1) is 0 Å². The monoisotopic (exact) mass is 456 g/mol.